The molecule has 1 N–H and O–H groups in total. The molecule has 0 saturated carbocycles. The van der Waals surface area contributed by atoms with E-state index in [1.54, 1.807) is 18.2 Å². The number of fused-ring (bicyclic) bond motifs is 1. The van der Waals surface area contributed by atoms with Crippen molar-refractivity contribution in [3.63, 3.8) is 0 Å². The number of carbonyl (C=O) groups is 1. The molecule has 146 valence electrons. The Labute approximate surface area is 161 Å². The molecule has 7 heteroatoms. The third kappa shape index (κ3) is 3.81. The number of hydrogen-bond acceptors (Lipinski definition) is 4. The monoisotopic (exact) mass is 385 g/mol. The van der Waals surface area contributed by atoms with Gasteiger partial charge in [-0.15, -0.1) is 0 Å². The molecule has 3 aromatic rings. The Kier molecular flexibility index (Phi) is 5.45. The zero-order valence-electron chi connectivity index (χ0n) is 15.4. The Bertz CT molecular complexity index is 996. The lowest BCUT2D eigenvalue weighted by atomic mass is 10.0. The van der Waals surface area contributed by atoms with Gasteiger partial charge < -0.3 is 4.74 Å². The third-order valence-corrected chi connectivity index (χ3v) is 5.07. The molecule has 0 bridgehead atoms. The first kappa shape index (κ1) is 18.7. The Morgan fingerprint density at radius 1 is 1.18 bits per heavy atom. The lowest BCUT2D eigenvalue weighted by Gasteiger charge is -2.26. The summed E-state index contributed by atoms with van der Waals surface area (Å²) >= 11 is 0. The summed E-state index contributed by atoms with van der Waals surface area (Å²) in [6.45, 7) is 4.09. The van der Waals surface area contributed by atoms with E-state index in [0.717, 1.165) is 45.3 Å². The van der Waals surface area contributed by atoms with Crippen LogP contribution in [-0.2, 0) is 4.74 Å². The molecule has 28 heavy (non-hydrogen) atoms. The maximum Gasteiger partial charge on any atom is 0.183 e. The molecular formula is C21H21F2N3O2. The van der Waals surface area contributed by atoms with E-state index in [0.29, 0.717) is 28.6 Å². The van der Waals surface area contributed by atoms with E-state index in [4.69, 9.17) is 4.74 Å². The predicted octanol–water partition coefficient (Wildman–Crippen LogP) is 3.80. The molecule has 1 aromatic heterocycles. The van der Waals surface area contributed by atoms with Crippen LogP contribution in [0.1, 0.15) is 23.3 Å². The SMILES string of the molecule is O=C(CCCN1CCOCC1)c1n[nH]c2ccc(-c3cccc(F)c3F)cc12. The maximum absolute atomic E-state index is 14.1. The number of hydrogen-bond donors (Lipinski definition) is 1. The molecule has 0 amide bonds. The Balaban J connectivity index is 1.52. The Morgan fingerprint density at radius 2 is 2.00 bits per heavy atom. The molecule has 0 atom stereocenters. The van der Waals surface area contributed by atoms with Crippen molar-refractivity contribution in [3.8, 4) is 11.1 Å². The summed E-state index contributed by atoms with van der Waals surface area (Å²) < 4.78 is 33.0. The minimum atomic E-state index is -0.899. The topological polar surface area (TPSA) is 58.2 Å². The molecule has 0 unspecified atom stereocenters. The first-order chi connectivity index (χ1) is 13.6. The summed E-state index contributed by atoms with van der Waals surface area (Å²) in [4.78, 5) is 15.0. The lowest BCUT2D eigenvalue weighted by molar-refractivity contribution is 0.0371. The van der Waals surface area contributed by atoms with Crippen molar-refractivity contribution >= 4 is 16.7 Å². The smallest absolute Gasteiger partial charge is 0.183 e. The number of morpholine rings is 1. The van der Waals surface area contributed by atoms with E-state index < -0.39 is 11.6 Å². The standard InChI is InChI=1S/C21H21F2N3O2/c22-17-4-1-3-15(20(17)23)14-6-7-18-16(13-14)21(25-24-18)19(27)5-2-8-26-9-11-28-12-10-26/h1,3-4,6-7,13H,2,5,8-12H2,(H,24,25). The Morgan fingerprint density at radius 3 is 2.82 bits per heavy atom. The quantitative estimate of drug-likeness (QED) is 0.656. The lowest BCUT2D eigenvalue weighted by Crippen LogP contribution is -2.36. The summed E-state index contributed by atoms with van der Waals surface area (Å²) in [5.41, 5.74) is 1.70. The minimum Gasteiger partial charge on any atom is -0.379 e. The molecule has 2 heterocycles. The van der Waals surface area contributed by atoms with Gasteiger partial charge >= 0.3 is 0 Å². The van der Waals surface area contributed by atoms with Crippen LogP contribution in [-0.4, -0.2) is 53.7 Å². The second kappa shape index (κ2) is 8.16. The van der Waals surface area contributed by atoms with Crippen LogP contribution in [0, 0.1) is 11.6 Å². The van der Waals surface area contributed by atoms with E-state index in [2.05, 4.69) is 15.1 Å². The number of halogens is 2. The van der Waals surface area contributed by atoms with Crippen molar-refractivity contribution in [1.29, 1.82) is 0 Å². The van der Waals surface area contributed by atoms with Gasteiger partial charge in [-0.25, -0.2) is 8.78 Å². The fourth-order valence-corrected chi connectivity index (χ4v) is 3.53. The highest BCUT2D eigenvalue weighted by molar-refractivity contribution is 6.06. The number of benzene rings is 2. The van der Waals surface area contributed by atoms with Crippen molar-refractivity contribution in [1.82, 2.24) is 15.1 Å². The molecule has 0 spiro atoms. The maximum atomic E-state index is 14.1. The van der Waals surface area contributed by atoms with Gasteiger partial charge in [0.15, 0.2) is 17.4 Å². The molecular weight excluding hydrogens is 364 g/mol. The number of aromatic nitrogens is 2. The molecule has 0 aliphatic carbocycles. The summed E-state index contributed by atoms with van der Waals surface area (Å²) in [7, 11) is 0. The number of Topliss-reactive ketones (excluding diaryl/α,β-unsaturated/α-hetero) is 1. The molecule has 4 rings (SSSR count). The summed E-state index contributed by atoms with van der Waals surface area (Å²) in [5.74, 6) is -1.86. The van der Waals surface area contributed by atoms with E-state index in [-0.39, 0.29) is 11.3 Å². The highest BCUT2D eigenvalue weighted by Gasteiger charge is 2.17. The van der Waals surface area contributed by atoms with Crippen LogP contribution in [0.2, 0.25) is 0 Å². The van der Waals surface area contributed by atoms with Crippen LogP contribution in [0.4, 0.5) is 8.78 Å². The van der Waals surface area contributed by atoms with Crippen molar-refractivity contribution in [2.45, 2.75) is 12.8 Å². The number of aromatic amines is 1. The first-order valence-electron chi connectivity index (χ1n) is 9.39. The van der Waals surface area contributed by atoms with Gasteiger partial charge in [0.2, 0.25) is 0 Å². The highest BCUT2D eigenvalue weighted by atomic mass is 19.2. The highest BCUT2D eigenvalue weighted by Crippen LogP contribution is 2.28. The van der Waals surface area contributed by atoms with Crippen LogP contribution in [0.3, 0.4) is 0 Å². The molecule has 1 aliphatic rings. The van der Waals surface area contributed by atoms with Gasteiger partial charge in [0, 0.05) is 30.5 Å². The largest absolute Gasteiger partial charge is 0.379 e. The van der Waals surface area contributed by atoms with Gasteiger partial charge in [-0.2, -0.15) is 5.10 Å². The molecule has 1 saturated heterocycles. The van der Waals surface area contributed by atoms with Crippen LogP contribution < -0.4 is 0 Å². The van der Waals surface area contributed by atoms with Gasteiger partial charge in [0.25, 0.3) is 0 Å². The molecule has 0 radical (unpaired) electrons. The van der Waals surface area contributed by atoms with Crippen molar-refractivity contribution in [2.75, 3.05) is 32.8 Å². The van der Waals surface area contributed by atoms with Crippen LogP contribution in [0.5, 0.6) is 0 Å². The van der Waals surface area contributed by atoms with E-state index in [1.807, 2.05) is 0 Å². The average molecular weight is 385 g/mol. The zero-order valence-corrected chi connectivity index (χ0v) is 15.4. The zero-order chi connectivity index (χ0) is 19.5. The number of H-pyrrole nitrogens is 1. The average Bonchev–Trinajstić information content (AvgIpc) is 3.14. The number of ether oxygens (including phenoxy) is 1. The van der Waals surface area contributed by atoms with E-state index in [9.17, 15) is 13.6 Å². The van der Waals surface area contributed by atoms with Crippen LogP contribution >= 0.6 is 0 Å². The van der Waals surface area contributed by atoms with Gasteiger partial charge in [-0.3, -0.25) is 14.8 Å². The normalized spacial score (nSPS) is 15.2. The van der Waals surface area contributed by atoms with Crippen LogP contribution in [0.25, 0.3) is 22.0 Å². The number of nitrogens with one attached hydrogen (secondary N) is 1. The number of ketones is 1. The fourth-order valence-electron chi connectivity index (χ4n) is 3.53. The Hall–Kier alpha value is -2.64. The summed E-state index contributed by atoms with van der Waals surface area (Å²) in [5, 5.41) is 7.63. The van der Waals surface area contributed by atoms with Gasteiger partial charge in [0.05, 0.1) is 18.7 Å². The predicted molar refractivity (Wildman–Crippen MR) is 102 cm³/mol. The molecule has 1 fully saturated rings. The number of carbonyl (C=O) groups excluding carboxylic acids is 1. The van der Waals surface area contributed by atoms with E-state index in [1.165, 1.54) is 12.1 Å². The third-order valence-electron chi connectivity index (χ3n) is 5.07. The van der Waals surface area contributed by atoms with Crippen LogP contribution in [0.15, 0.2) is 36.4 Å². The van der Waals surface area contributed by atoms with Gasteiger partial charge in [0.1, 0.15) is 5.69 Å². The molecule has 1 aliphatic heterocycles. The fraction of sp³-hybridized carbons (Fsp3) is 0.333. The van der Waals surface area contributed by atoms with Gasteiger partial charge in [-0.1, -0.05) is 18.2 Å². The second-order valence-electron chi connectivity index (χ2n) is 6.91. The number of nitrogens with zero attached hydrogens (tertiary/aromatic N) is 2. The summed E-state index contributed by atoms with van der Waals surface area (Å²) in [6.07, 6.45) is 1.13. The van der Waals surface area contributed by atoms with Crippen molar-refractivity contribution in [2.24, 2.45) is 0 Å². The van der Waals surface area contributed by atoms with Crippen molar-refractivity contribution < 1.29 is 18.3 Å². The molecule has 5 nitrogen and oxygen atoms in total. The van der Waals surface area contributed by atoms with Crippen molar-refractivity contribution in [3.05, 3.63) is 53.7 Å². The second-order valence-corrected chi connectivity index (χ2v) is 6.91. The van der Waals surface area contributed by atoms with E-state index >= 15 is 0 Å². The van der Waals surface area contributed by atoms with Gasteiger partial charge in [-0.05, 0) is 36.7 Å². The first-order valence-corrected chi connectivity index (χ1v) is 9.39. The summed E-state index contributed by atoms with van der Waals surface area (Å²) in [6, 6.07) is 9.16. The number of rotatable bonds is 6. The molecule has 2 aromatic carbocycles. The minimum absolute atomic E-state index is 0.0589.